The van der Waals surface area contributed by atoms with Gasteiger partial charge in [0.1, 0.15) is 110 Å². The predicted molar refractivity (Wildman–Crippen MR) is 323 cm³/mol. The molecule has 4 unspecified atom stereocenters. The van der Waals surface area contributed by atoms with Gasteiger partial charge in [0.25, 0.3) is 11.1 Å². The summed E-state index contributed by atoms with van der Waals surface area (Å²) in [7, 11) is -21.5. The maximum atomic E-state index is 14.2. The monoisotopic (exact) mass is 1460 g/mol. The molecule has 0 saturated carbocycles. The Morgan fingerprint density at radius 2 is 0.939 bits per heavy atom. The average molecular weight is 1460 g/mol. The van der Waals surface area contributed by atoms with E-state index in [4.69, 9.17) is 82.8 Å². The first-order chi connectivity index (χ1) is 46.4. The van der Waals surface area contributed by atoms with Gasteiger partial charge in [-0.15, -0.1) is 0 Å². The Bertz CT molecular complexity index is 4650. The number of hydrogen-bond acceptors (Lipinski definition) is 35. The Labute approximate surface area is 545 Å². The van der Waals surface area contributed by atoms with Gasteiger partial charge in [-0.1, -0.05) is 0 Å². The van der Waals surface area contributed by atoms with Crippen LogP contribution in [0.3, 0.4) is 0 Å². The van der Waals surface area contributed by atoms with Crippen molar-refractivity contribution in [3.63, 3.8) is 0 Å². The molecular weight excluding hydrogens is 1400 g/mol. The number of phosphoric acid groups is 4. The first-order valence-corrected chi connectivity index (χ1v) is 35.2. The maximum Gasteiger partial charge on any atom is 0.472 e. The molecule has 7 aromatic heterocycles. The fourth-order valence-corrected chi connectivity index (χ4v) is 15.2. The van der Waals surface area contributed by atoms with Gasteiger partial charge in [0.2, 0.25) is 5.95 Å². The largest absolute Gasteiger partial charge is 0.472 e. The van der Waals surface area contributed by atoms with Gasteiger partial charge < -0.3 is 76.4 Å². The van der Waals surface area contributed by atoms with Crippen LogP contribution in [-0.4, -0.2) is 192 Å². The second kappa shape index (κ2) is 28.0. The van der Waals surface area contributed by atoms with E-state index in [2.05, 4.69) is 44.9 Å². The lowest BCUT2D eigenvalue weighted by Crippen LogP contribution is -2.33. The molecule has 0 aliphatic carbocycles. The summed E-state index contributed by atoms with van der Waals surface area (Å²) in [5, 5.41) is 21.0. The molecule has 98 heavy (non-hydrogen) atoms. The zero-order chi connectivity index (χ0) is 69.9. The fraction of sp³-hybridized carbons (Fsp3) is 0.542. The lowest BCUT2D eigenvalue weighted by atomic mass is 10.2. The summed E-state index contributed by atoms with van der Waals surface area (Å²) in [6.07, 6.45) is -16.1. The van der Waals surface area contributed by atoms with E-state index in [1.165, 1.54) is 53.2 Å². The molecule has 5 aliphatic rings. The molecular formula is C48H62N18O28P4. The molecule has 0 radical (unpaired) electrons. The molecule has 50 heteroatoms. The van der Waals surface area contributed by atoms with Gasteiger partial charge >= 0.3 is 48.4 Å². The Hall–Kier alpha value is -7.30. The molecule has 0 bridgehead atoms. The van der Waals surface area contributed by atoms with Crippen LogP contribution in [0.1, 0.15) is 68.8 Å². The number of H-pyrrole nitrogens is 2. The van der Waals surface area contributed by atoms with Crippen molar-refractivity contribution in [3.8, 4) is 0 Å². The highest BCUT2D eigenvalue weighted by molar-refractivity contribution is 7.48. The number of imidazole rings is 2. The molecule has 16 N–H and O–H groups in total. The summed E-state index contributed by atoms with van der Waals surface area (Å²) < 4.78 is 134. The second-order valence-electron chi connectivity index (χ2n) is 22.6. The number of aromatic amines is 2. The summed E-state index contributed by atoms with van der Waals surface area (Å²) in [6, 6.07) is 2.44. The SMILES string of the molecule is Cc1cn([C@H]2C[C@H](OP(=O)(O)OC[C@H]3O[C@@H](n4cnc5c(=O)[nH]c(N)nc54)C[C@@H]3OP(=O)(O)OC[C@H]3O[C@@H](n4ccc(N)nc4=O)C[C@@H]3OP(=O)(O)OC[C@H]3O[C@@H](n4ccc(N)nc4=O)C[C@@H]3OP(=O)(O)OC[C@H]3O[C@@H](n4cnc5c(N)ncnc54)C[C@@H]3O)[C@@H](CO)O2)c(=O)[nH]c1=O. The molecule has 5 aliphatic heterocycles. The summed E-state index contributed by atoms with van der Waals surface area (Å²) in [6.45, 7) is -3.19. The van der Waals surface area contributed by atoms with Crippen LogP contribution in [-0.2, 0) is 78.1 Å². The van der Waals surface area contributed by atoms with E-state index >= 15 is 0 Å². The fourth-order valence-electron chi connectivity index (χ4n) is 11.4. The van der Waals surface area contributed by atoms with Crippen LogP contribution in [0.2, 0.25) is 0 Å². The minimum Gasteiger partial charge on any atom is -0.394 e. The van der Waals surface area contributed by atoms with Crippen LogP contribution in [0.15, 0.2) is 73.7 Å². The van der Waals surface area contributed by atoms with Gasteiger partial charge in [0.15, 0.2) is 22.6 Å². The van der Waals surface area contributed by atoms with Gasteiger partial charge in [0, 0.05) is 56.3 Å². The summed E-state index contributed by atoms with van der Waals surface area (Å²) >= 11 is 0. The number of nitrogens with one attached hydrogen (secondary N) is 2. The van der Waals surface area contributed by atoms with Crippen molar-refractivity contribution < 1.29 is 108 Å². The number of aliphatic hydroxyl groups excluding tert-OH is 2. The van der Waals surface area contributed by atoms with Crippen LogP contribution >= 0.6 is 31.3 Å². The third kappa shape index (κ3) is 15.7. The Balaban J connectivity index is 0.729. The average Bonchev–Trinajstić information content (AvgIpc) is 1.63. The van der Waals surface area contributed by atoms with Crippen molar-refractivity contribution in [2.75, 3.05) is 56.0 Å². The molecule has 7 aromatic rings. The van der Waals surface area contributed by atoms with Gasteiger partial charge in [-0.25, -0.2) is 52.6 Å². The molecule has 0 amide bonds. The second-order valence-corrected chi connectivity index (χ2v) is 28.3. The number of aromatic nitrogens is 14. The smallest absolute Gasteiger partial charge is 0.394 e. The van der Waals surface area contributed by atoms with Crippen LogP contribution in [0.25, 0.3) is 22.3 Å². The predicted octanol–water partition coefficient (Wildman–Crippen LogP) is -2.54. The zero-order valence-corrected chi connectivity index (χ0v) is 54.1. The van der Waals surface area contributed by atoms with Crippen molar-refractivity contribution in [2.45, 2.75) is 131 Å². The molecule has 532 valence electrons. The van der Waals surface area contributed by atoms with Gasteiger partial charge in [-0.05, 0) is 19.1 Å². The quantitative estimate of drug-likeness (QED) is 0.0249. The normalized spacial score (nSPS) is 29.8. The standard InChI is InChI=1S/C48H62N18O28P4/c1-20-11-64(48(73)61-43(20)69)36-7-22(26(12-67)86-36)91-96(76,77)83-16-30-25(10-37(90-30)66-19-56-39-42(66)59-45(52)60-44(39)70)94-98(80,81)85-15-29-24(9-35(89-29)63-5-3-32(50)58-47(63)72)93-97(78,79)84-14-28-23(8-34(88-28)62-4-2-31(49)57-46(62)71)92-95(74,75)82-13-27-21(68)6-33(87-27)65-18-55-38-40(51)53-17-54-41(38)65/h2-5,11,17-19,21-30,33-37,67-68H,6-10,12-16H2,1H3,(H,74,75)(H,76,77)(H,78,79)(H,80,81)(H2,49,57,71)(H2,50,58,72)(H2,51,53,54)(H,61,69,73)(H3,52,59,60,70)/t21-,22-,23-,24-,25-,26+,27+,28+,29+,30+,33+,34+,35+,36+,37+/m0/s1. The van der Waals surface area contributed by atoms with E-state index in [9.17, 15) is 72.0 Å². The first kappa shape index (κ1) is 70.6. The van der Waals surface area contributed by atoms with E-state index in [-0.39, 0.29) is 64.1 Å². The van der Waals surface area contributed by atoms with Gasteiger partial charge in [-0.3, -0.25) is 78.6 Å². The summed E-state index contributed by atoms with van der Waals surface area (Å²) in [5.74, 6) is -0.653. The number of anilines is 4. The number of fused-ring (bicyclic) bond motifs is 2. The van der Waals surface area contributed by atoms with E-state index < -0.39 is 204 Å². The number of nitrogens with zero attached hydrogens (tertiary/aromatic N) is 12. The molecule has 5 saturated heterocycles. The first-order valence-electron chi connectivity index (χ1n) is 29.2. The molecule has 5 fully saturated rings. The number of ether oxygens (including phenoxy) is 5. The molecule has 0 aromatic carbocycles. The Morgan fingerprint density at radius 3 is 1.43 bits per heavy atom. The summed E-state index contributed by atoms with van der Waals surface area (Å²) in [5.41, 5.74) is 19.1. The van der Waals surface area contributed by atoms with Crippen molar-refractivity contribution in [1.82, 2.24) is 67.7 Å². The topological polar surface area (TPSA) is 646 Å². The van der Waals surface area contributed by atoms with Gasteiger partial charge in [-0.2, -0.15) is 15.0 Å². The van der Waals surface area contributed by atoms with Crippen LogP contribution in [0.5, 0.6) is 0 Å². The minimum absolute atomic E-state index is 0.0517. The van der Waals surface area contributed by atoms with Crippen molar-refractivity contribution >= 4 is 77.0 Å². The Kier molecular flexibility index (Phi) is 20.2. The van der Waals surface area contributed by atoms with Crippen molar-refractivity contribution in [2.24, 2.45) is 0 Å². The Morgan fingerprint density at radius 1 is 0.520 bits per heavy atom. The zero-order valence-electron chi connectivity index (χ0n) is 50.5. The third-order valence-corrected chi connectivity index (χ3v) is 20.1. The lowest BCUT2D eigenvalue weighted by molar-refractivity contribution is -0.0645. The number of hydrogen-bond donors (Lipinski definition) is 12. The van der Waals surface area contributed by atoms with Crippen LogP contribution in [0.4, 0.5) is 23.4 Å². The highest BCUT2D eigenvalue weighted by Crippen LogP contribution is 2.55. The van der Waals surface area contributed by atoms with E-state index in [1.54, 1.807) is 0 Å². The van der Waals surface area contributed by atoms with Crippen LogP contribution < -0.4 is 51.1 Å². The summed E-state index contributed by atoms with van der Waals surface area (Å²) in [4.78, 5) is 141. The highest BCUT2D eigenvalue weighted by Gasteiger charge is 2.50. The maximum absolute atomic E-state index is 14.2. The van der Waals surface area contributed by atoms with E-state index in [0.717, 1.165) is 26.2 Å². The van der Waals surface area contributed by atoms with E-state index in [1.807, 2.05) is 0 Å². The number of nitrogens with two attached hydrogens (primary N) is 4. The number of rotatable bonds is 26. The number of phosphoric ester groups is 4. The molecule has 0 spiro atoms. The highest BCUT2D eigenvalue weighted by atomic mass is 31.2. The van der Waals surface area contributed by atoms with Gasteiger partial charge in [0.05, 0.1) is 51.8 Å². The number of aryl methyl sites for hydroxylation is 1. The molecule has 12 rings (SSSR count). The van der Waals surface area contributed by atoms with E-state index in [0.29, 0.717) is 0 Å². The number of nitrogen functional groups attached to an aromatic ring is 4. The van der Waals surface area contributed by atoms with Crippen molar-refractivity contribution in [3.05, 3.63) is 107 Å². The minimum atomic E-state index is -5.51. The lowest BCUT2D eigenvalue weighted by Gasteiger charge is -2.25. The van der Waals surface area contributed by atoms with Crippen LogP contribution in [0, 0.1) is 6.92 Å². The van der Waals surface area contributed by atoms with Crippen molar-refractivity contribution in [1.29, 1.82) is 0 Å². The third-order valence-electron chi connectivity index (χ3n) is 16.0. The molecule has 12 heterocycles. The number of aliphatic hydroxyl groups is 2. The molecule has 46 nitrogen and oxygen atoms in total. The molecule has 19 atom stereocenters.